The summed E-state index contributed by atoms with van der Waals surface area (Å²) >= 11 is 0. The van der Waals surface area contributed by atoms with Crippen molar-refractivity contribution < 1.29 is 19.1 Å². The third kappa shape index (κ3) is 4.59. The second kappa shape index (κ2) is 8.53. The fourth-order valence-corrected chi connectivity index (χ4v) is 4.18. The van der Waals surface area contributed by atoms with Gasteiger partial charge < -0.3 is 20.3 Å². The number of nitrogens with zero attached hydrogens (tertiary/aromatic N) is 3. The van der Waals surface area contributed by atoms with Crippen LogP contribution < -0.4 is 10.6 Å². The minimum atomic E-state index is -0.635. The summed E-state index contributed by atoms with van der Waals surface area (Å²) in [5.41, 5.74) is -0.0725. The first-order chi connectivity index (χ1) is 12.9. The second-order valence-electron chi connectivity index (χ2n) is 7.84. The molecule has 1 unspecified atom stereocenters. The minimum absolute atomic E-state index is 0.0725. The van der Waals surface area contributed by atoms with Gasteiger partial charge in [-0.2, -0.15) is 0 Å². The molecule has 3 saturated heterocycles. The van der Waals surface area contributed by atoms with E-state index in [1.54, 1.807) is 0 Å². The zero-order chi connectivity index (χ0) is 19.4. The predicted molar refractivity (Wildman–Crippen MR) is 99.2 cm³/mol. The van der Waals surface area contributed by atoms with Crippen LogP contribution in [0.5, 0.6) is 0 Å². The molecular weight excluding hydrogens is 350 g/mol. The lowest BCUT2D eigenvalue weighted by Gasteiger charge is -2.49. The van der Waals surface area contributed by atoms with Crippen LogP contribution >= 0.6 is 0 Å². The average molecular weight is 381 g/mol. The summed E-state index contributed by atoms with van der Waals surface area (Å²) in [4.78, 5) is 42.0. The Morgan fingerprint density at radius 2 is 1.81 bits per heavy atom. The Kier molecular flexibility index (Phi) is 6.33. The molecule has 3 rings (SSSR count). The van der Waals surface area contributed by atoms with Crippen LogP contribution in [-0.2, 0) is 14.3 Å². The number of imide groups is 1. The maximum atomic E-state index is 12.4. The predicted octanol–water partition coefficient (Wildman–Crippen LogP) is -0.770. The number of likely N-dealkylation sites (tertiary alicyclic amines) is 2. The quantitative estimate of drug-likeness (QED) is 0.621. The molecule has 0 bridgehead atoms. The summed E-state index contributed by atoms with van der Waals surface area (Å²) in [6, 6.07) is -0.979. The summed E-state index contributed by atoms with van der Waals surface area (Å²) in [6.45, 7) is 5.73. The molecule has 3 fully saturated rings. The van der Waals surface area contributed by atoms with E-state index in [1.807, 2.05) is 0 Å². The van der Waals surface area contributed by atoms with Crippen molar-refractivity contribution in [2.75, 3.05) is 60.0 Å². The molecule has 3 aliphatic heterocycles. The van der Waals surface area contributed by atoms with Crippen LogP contribution in [0, 0.1) is 0 Å². The van der Waals surface area contributed by atoms with Crippen molar-refractivity contribution in [3.05, 3.63) is 0 Å². The summed E-state index contributed by atoms with van der Waals surface area (Å²) in [6.07, 6.45) is 2.61. The zero-order valence-electron chi connectivity index (χ0n) is 16.3. The molecular formula is C18H31N5O4. The molecule has 0 saturated carbocycles. The molecule has 0 spiro atoms. The lowest BCUT2D eigenvalue weighted by Crippen LogP contribution is -2.63. The lowest BCUT2D eigenvalue weighted by atomic mass is 9.85. The minimum Gasteiger partial charge on any atom is -0.379 e. The van der Waals surface area contributed by atoms with Crippen molar-refractivity contribution in [2.24, 2.45) is 0 Å². The zero-order valence-corrected chi connectivity index (χ0v) is 16.3. The number of ether oxygens (including phenoxy) is 1. The van der Waals surface area contributed by atoms with Crippen LogP contribution in [0.2, 0.25) is 0 Å². The van der Waals surface area contributed by atoms with E-state index >= 15 is 0 Å². The van der Waals surface area contributed by atoms with Crippen molar-refractivity contribution in [2.45, 2.75) is 37.3 Å². The van der Waals surface area contributed by atoms with Gasteiger partial charge in [-0.15, -0.1) is 0 Å². The maximum Gasteiger partial charge on any atom is 0.315 e. The highest BCUT2D eigenvalue weighted by Crippen LogP contribution is 2.29. The molecule has 0 aliphatic carbocycles. The highest BCUT2D eigenvalue weighted by molar-refractivity contribution is 6.01. The van der Waals surface area contributed by atoms with Crippen molar-refractivity contribution in [3.63, 3.8) is 0 Å². The molecule has 3 aliphatic rings. The summed E-state index contributed by atoms with van der Waals surface area (Å²) in [5, 5.41) is 5.73. The number of hydrogen-bond acceptors (Lipinski definition) is 6. The first-order valence-electron chi connectivity index (χ1n) is 9.77. The summed E-state index contributed by atoms with van der Waals surface area (Å²) in [5.74, 6) is -0.542. The standard InChI is InChI=1S/C18H31N5O4/c1-21-7-5-18(6-8-21,23-9-11-27-12-10-23)13-19-17(26)20-14-3-4-15(24)22(2)16(14)25/h14H,3-13H2,1-2H3,(H2,19,20,26). The summed E-state index contributed by atoms with van der Waals surface area (Å²) in [7, 11) is 3.58. The number of likely N-dealkylation sites (N-methyl/N-ethyl adjacent to an activating group) is 1. The number of rotatable bonds is 4. The highest BCUT2D eigenvalue weighted by Gasteiger charge is 2.40. The van der Waals surface area contributed by atoms with Crippen molar-refractivity contribution in [3.8, 4) is 0 Å². The van der Waals surface area contributed by atoms with Gasteiger partial charge in [-0.3, -0.25) is 19.4 Å². The van der Waals surface area contributed by atoms with Crippen molar-refractivity contribution in [1.82, 2.24) is 25.3 Å². The van der Waals surface area contributed by atoms with Gasteiger partial charge in [-0.25, -0.2) is 4.79 Å². The smallest absolute Gasteiger partial charge is 0.315 e. The van der Waals surface area contributed by atoms with Crippen LogP contribution in [0.3, 0.4) is 0 Å². The van der Waals surface area contributed by atoms with Gasteiger partial charge in [0.2, 0.25) is 5.91 Å². The molecule has 27 heavy (non-hydrogen) atoms. The number of urea groups is 1. The monoisotopic (exact) mass is 381 g/mol. The van der Waals surface area contributed by atoms with Crippen LogP contribution in [0.1, 0.15) is 25.7 Å². The Morgan fingerprint density at radius 1 is 1.15 bits per heavy atom. The Balaban J connectivity index is 1.57. The van der Waals surface area contributed by atoms with E-state index in [1.165, 1.54) is 7.05 Å². The van der Waals surface area contributed by atoms with Crippen molar-refractivity contribution >= 4 is 17.8 Å². The molecule has 9 nitrogen and oxygen atoms in total. The molecule has 0 aromatic rings. The number of amides is 4. The summed E-state index contributed by atoms with van der Waals surface area (Å²) < 4.78 is 5.49. The number of morpholine rings is 1. The Hall–Kier alpha value is -1.71. The first kappa shape index (κ1) is 20.0. The molecule has 152 valence electrons. The average Bonchev–Trinajstić information content (AvgIpc) is 2.69. The number of piperidine rings is 2. The number of carbonyl (C=O) groups is 3. The van der Waals surface area contributed by atoms with Crippen LogP contribution in [0.4, 0.5) is 4.79 Å². The molecule has 4 amide bonds. The lowest BCUT2D eigenvalue weighted by molar-refractivity contribution is -0.147. The number of carbonyl (C=O) groups excluding carboxylic acids is 3. The fraction of sp³-hybridized carbons (Fsp3) is 0.833. The van der Waals surface area contributed by atoms with Gasteiger partial charge in [0.05, 0.1) is 13.2 Å². The van der Waals surface area contributed by atoms with Gasteiger partial charge in [0.15, 0.2) is 0 Å². The largest absolute Gasteiger partial charge is 0.379 e. The van der Waals surface area contributed by atoms with Gasteiger partial charge in [0.1, 0.15) is 6.04 Å². The van der Waals surface area contributed by atoms with E-state index in [0.717, 1.165) is 57.1 Å². The Morgan fingerprint density at radius 3 is 2.48 bits per heavy atom. The number of hydrogen-bond donors (Lipinski definition) is 2. The van der Waals surface area contributed by atoms with Crippen molar-refractivity contribution in [1.29, 1.82) is 0 Å². The Labute approximate surface area is 160 Å². The van der Waals surface area contributed by atoms with E-state index < -0.39 is 6.04 Å². The topological polar surface area (TPSA) is 94.2 Å². The third-order valence-corrected chi connectivity index (χ3v) is 6.13. The van der Waals surface area contributed by atoms with E-state index in [0.29, 0.717) is 13.0 Å². The van der Waals surface area contributed by atoms with Gasteiger partial charge >= 0.3 is 6.03 Å². The van der Waals surface area contributed by atoms with E-state index in [-0.39, 0.29) is 29.8 Å². The van der Waals surface area contributed by atoms with Crippen LogP contribution in [-0.4, -0.2) is 104 Å². The van der Waals surface area contributed by atoms with Gasteiger partial charge in [-0.05, 0) is 39.4 Å². The first-order valence-corrected chi connectivity index (χ1v) is 9.77. The molecule has 0 aromatic heterocycles. The maximum absolute atomic E-state index is 12.4. The normalized spacial score (nSPS) is 27.5. The molecule has 2 N–H and O–H groups in total. The molecule has 0 radical (unpaired) electrons. The molecule has 0 aromatic carbocycles. The van der Waals surface area contributed by atoms with E-state index in [2.05, 4.69) is 27.5 Å². The van der Waals surface area contributed by atoms with E-state index in [9.17, 15) is 14.4 Å². The fourth-order valence-electron chi connectivity index (χ4n) is 4.18. The second-order valence-corrected chi connectivity index (χ2v) is 7.84. The SMILES string of the molecule is CN1CCC(CNC(=O)NC2CCC(=O)N(C)C2=O)(N2CCOCC2)CC1. The van der Waals surface area contributed by atoms with Gasteiger partial charge in [-0.1, -0.05) is 0 Å². The van der Waals surface area contributed by atoms with Crippen LogP contribution in [0.25, 0.3) is 0 Å². The molecule has 1 atom stereocenters. The third-order valence-electron chi connectivity index (χ3n) is 6.13. The van der Waals surface area contributed by atoms with Gasteiger partial charge in [0, 0.05) is 38.6 Å². The van der Waals surface area contributed by atoms with Crippen LogP contribution in [0.15, 0.2) is 0 Å². The Bertz CT molecular complexity index is 570. The molecule has 3 heterocycles. The van der Waals surface area contributed by atoms with Gasteiger partial charge in [0.25, 0.3) is 5.91 Å². The number of nitrogens with one attached hydrogen (secondary N) is 2. The highest BCUT2D eigenvalue weighted by atomic mass is 16.5. The molecule has 9 heteroatoms. The van der Waals surface area contributed by atoms with E-state index in [4.69, 9.17) is 4.74 Å².